The number of rotatable bonds is 6. The van der Waals surface area contributed by atoms with Gasteiger partial charge in [-0.2, -0.15) is 0 Å². The fraction of sp³-hybridized carbons (Fsp3) is 0.235. The molecule has 0 aliphatic heterocycles. The van der Waals surface area contributed by atoms with Crippen LogP contribution in [0.1, 0.15) is 17.5 Å². The number of hydrogen-bond acceptors (Lipinski definition) is 3. The third-order valence-electron chi connectivity index (χ3n) is 3.58. The van der Waals surface area contributed by atoms with Gasteiger partial charge in [-0.25, -0.2) is 13.1 Å². The van der Waals surface area contributed by atoms with E-state index in [0.29, 0.717) is 29.1 Å². The molecule has 2 N–H and O–H groups in total. The van der Waals surface area contributed by atoms with Crippen molar-refractivity contribution in [3.63, 3.8) is 0 Å². The van der Waals surface area contributed by atoms with Gasteiger partial charge in [0, 0.05) is 17.1 Å². The van der Waals surface area contributed by atoms with Crippen molar-refractivity contribution in [1.29, 1.82) is 0 Å². The molecule has 0 saturated carbocycles. The summed E-state index contributed by atoms with van der Waals surface area (Å²) in [5.74, 6) is -0.179. The second kappa shape index (κ2) is 7.79. The smallest absolute Gasteiger partial charge is 0.240 e. The van der Waals surface area contributed by atoms with Gasteiger partial charge in [0.25, 0.3) is 0 Å². The summed E-state index contributed by atoms with van der Waals surface area (Å²) in [6.07, 6.45) is 0.875. The predicted molar refractivity (Wildman–Crippen MR) is 95.8 cm³/mol. The SMILES string of the molecule is CNS(=O)(=O)c1cc(NC(=O)CCc2ccc(Cl)cc2)ccc1C. The molecule has 128 valence electrons. The van der Waals surface area contributed by atoms with Crippen molar-refractivity contribution in [1.82, 2.24) is 4.72 Å². The van der Waals surface area contributed by atoms with Crippen molar-refractivity contribution >= 4 is 33.2 Å². The lowest BCUT2D eigenvalue weighted by atomic mass is 10.1. The summed E-state index contributed by atoms with van der Waals surface area (Å²) in [5.41, 5.74) is 2.08. The van der Waals surface area contributed by atoms with Gasteiger partial charge in [0.05, 0.1) is 4.90 Å². The van der Waals surface area contributed by atoms with Crippen molar-refractivity contribution in [2.24, 2.45) is 0 Å². The number of carbonyl (C=O) groups excluding carboxylic acids is 1. The lowest BCUT2D eigenvalue weighted by molar-refractivity contribution is -0.116. The highest BCUT2D eigenvalue weighted by Gasteiger charge is 2.15. The summed E-state index contributed by atoms with van der Waals surface area (Å²) < 4.78 is 26.2. The zero-order chi connectivity index (χ0) is 17.7. The second-order valence-corrected chi connectivity index (χ2v) is 7.65. The van der Waals surface area contributed by atoms with Gasteiger partial charge in [0.15, 0.2) is 0 Å². The number of amides is 1. The topological polar surface area (TPSA) is 75.3 Å². The molecule has 2 aromatic carbocycles. The molecule has 0 fully saturated rings. The molecule has 0 spiro atoms. The van der Waals surface area contributed by atoms with Crippen LogP contribution < -0.4 is 10.0 Å². The van der Waals surface area contributed by atoms with Crippen molar-refractivity contribution in [2.75, 3.05) is 12.4 Å². The van der Waals surface area contributed by atoms with Crippen LogP contribution >= 0.6 is 11.6 Å². The lowest BCUT2D eigenvalue weighted by Gasteiger charge is -2.10. The van der Waals surface area contributed by atoms with E-state index >= 15 is 0 Å². The van der Waals surface area contributed by atoms with E-state index in [4.69, 9.17) is 11.6 Å². The number of halogens is 1. The van der Waals surface area contributed by atoms with Gasteiger partial charge in [-0.15, -0.1) is 0 Å². The van der Waals surface area contributed by atoms with E-state index < -0.39 is 10.0 Å². The highest BCUT2D eigenvalue weighted by molar-refractivity contribution is 7.89. The third-order valence-corrected chi connectivity index (χ3v) is 5.39. The highest BCUT2D eigenvalue weighted by atomic mass is 35.5. The molecular weight excluding hydrogens is 348 g/mol. The summed E-state index contributed by atoms with van der Waals surface area (Å²) in [6.45, 7) is 1.70. The van der Waals surface area contributed by atoms with E-state index in [-0.39, 0.29) is 10.8 Å². The molecule has 0 saturated heterocycles. The van der Waals surface area contributed by atoms with Crippen molar-refractivity contribution in [3.05, 3.63) is 58.6 Å². The summed E-state index contributed by atoms with van der Waals surface area (Å²) in [6, 6.07) is 12.1. The minimum Gasteiger partial charge on any atom is -0.326 e. The van der Waals surface area contributed by atoms with Crippen LogP contribution in [0, 0.1) is 6.92 Å². The number of anilines is 1. The van der Waals surface area contributed by atoms with Gasteiger partial charge in [-0.3, -0.25) is 4.79 Å². The first kappa shape index (κ1) is 18.4. The average molecular weight is 367 g/mol. The zero-order valence-corrected chi connectivity index (χ0v) is 15.0. The Balaban J connectivity index is 2.04. The van der Waals surface area contributed by atoms with Gasteiger partial charge in [0.1, 0.15) is 0 Å². The maximum atomic E-state index is 12.1. The maximum Gasteiger partial charge on any atom is 0.240 e. The normalized spacial score (nSPS) is 11.3. The Hall–Kier alpha value is -1.89. The molecule has 2 aromatic rings. The molecule has 0 unspecified atom stereocenters. The van der Waals surface area contributed by atoms with Gasteiger partial charge < -0.3 is 5.32 Å². The summed E-state index contributed by atoms with van der Waals surface area (Å²) in [5, 5.41) is 3.38. The Kier molecular flexibility index (Phi) is 5.99. The molecule has 1 amide bonds. The van der Waals surface area contributed by atoms with Crippen LogP contribution in [0.25, 0.3) is 0 Å². The molecule has 0 aliphatic carbocycles. The fourth-order valence-corrected chi connectivity index (χ4v) is 3.33. The first-order valence-corrected chi connectivity index (χ1v) is 9.26. The molecule has 0 heterocycles. The van der Waals surface area contributed by atoms with E-state index in [1.807, 2.05) is 12.1 Å². The van der Waals surface area contributed by atoms with Crippen LogP contribution in [-0.4, -0.2) is 21.4 Å². The Labute approximate surface area is 147 Å². The molecule has 5 nitrogen and oxygen atoms in total. The van der Waals surface area contributed by atoms with Gasteiger partial charge in [0.2, 0.25) is 15.9 Å². The van der Waals surface area contributed by atoms with E-state index in [1.54, 1.807) is 31.2 Å². The average Bonchev–Trinajstić information content (AvgIpc) is 2.56. The molecule has 24 heavy (non-hydrogen) atoms. The number of aryl methyl sites for hydroxylation is 2. The molecule has 0 aliphatic rings. The minimum absolute atomic E-state index is 0.153. The van der Waals surface area contributed by atoms with Gasteiger partial charge in [-0.1, -0.05) is 29.8 Å². The number of benzene rings is 2. The largest absolute Gasteiger partial charge is 0.326 e. The first-order chi connectivity index (χ1) is 11.3. The molecule has 0 radical (unpaired) electrons. The minimum atomic E-state index is -3.56. The van der Waals surface area contributed by atoms with Crippen LogP contribution in [0.2, 0.25) is 5.02 Å². The van der Waals surface area contributed by atoms with E-state index in [2.05, 4.69) is 10.0 Å². The van der Waals surface area contributed by atoms with Crippen LogP contribution in [0.4, 0.5) is 5.69 Å². The molecule has 0 aromatic heterocycles. The molecular formula is C17H19ClN2O3S. The van der Waals surface area contributed by atoms with Crippen molar-refractivity contribution in [2.45, 2.75) is 24.7 Å². The Bertz CT molecular complexity index is 833. The summed E-state index contributed by atoms with van der Waals surface area (Å²) in [4.78, 5) is 12.2. The number of hydrogen-bond donors (Lipinski definition) is 2. The standard InChI is InChI=1S/C17H19ClN2O3S/c1-12-3-9-15(11-16(12)24(22,23)19-2)20-17(21)10-6-13-4-7-14(18)8-5-13/h3-5,7-9,11,19H,6,10H2,1-2H3,(H,20,21). The van der Waals surface area contributed by atoms with Crippen LogP contribution in [0.3, 0.4) is 0 Å². The van der Waals surface area contributed by atoms with E-state index in [9.17, 15) is 13.2 Å². The van der Waals surface area contributed by atoms with Crippen LogP contribution in [-0.2, 0) is 21.2 Å². The first-order valence-electron chi connectivity index (χ1n) is 7.40. The van der Waals surface area contributed by atoms with Crippen LogP contribution in [0.15, 0.2) is 47.4 Å². The number of carbonyl (C=O) groups is 1. The third kappa shape index (κ3) is 4.80. The maximum absolute atomic E-state index is 12.1. The van der Waals surface area contributed by atoms with E-state index in [0.717, 1.165) is 5.56 Å². The highest BCUT2D eigenvalue weighted by Crippen LogP contribution is 2.20. The Morgan fingerprint density at radius 2 is 1.79 bits per heavy atom. The quantitative estimate of drug-likeness (QED) is 0.824. The Morgan fingerprint density at radius 1 is 1.12 bits per heavy atom. The fourth-order valence-electron chi connectivity index (χ4n) is 2.21. The van der Waals surface area contributed by atoms with Crippen LogP contribution in [0.5, 0.6) is 0 Å². The van der Waals surface area contributed by atoms with E-state index in [1.165, 1.54) is 13.1 Å². The predicted octanol–water partition coefficient (Wildman–Crippen LogP) is 3.13. The number of sulfonamides is 1. The van der Waals surface area contributed by atoms with Crippen molar-refractivity contribution in [3.8, 4) is 0 Å². The Morgan fingerprint density at radius 3 is 2.42 bits per heavy atom. The molecule has 0 bridgehead atoms. The van der Waals surface area contributed by atoms with Gasteiger partial charge in [-0.05, 0) is 55.8 Å². The molecule has 2 rings (SSSR count). The molecule has 7 heteroatoms. The number of nitrogens with one attached hydrogen (secondary N) is 2. The lowest BCUT2D eigenvalue weighted by Crippen LogP contribution is -2.20. The monoisotopic (exact) mass is 366 g/mol. The summed E-state index contributed by atoms with van der Waals surface area (Å²) >= 11 is 5.82. The second-order valence-electron chi connectivity index (χ2n) is 5.36. The molecule has 0 atom stereocenters. The zero-order valence-electron chi connectivity index (χ0n) is 13.5. The van der Waals surface area contributed by atoms with Gasteiger partial charge >= 0.3 is 0 Å². The summed E-state index contributed by atoms with van der Waals surface area (Å²) in [7, 11) is -2.21. The van der Waals surface area contributed by atoms with Crippen molar-refractivity contribution < 1.29 is 13.2 Å².